The largest absolute Gasteiger partial charge is 0.406 e. The minimum Gasteiger partial charge on any atom is -0.406 e. The monoisotopic (exact) mass is 254 g/mol. The Labute approximate surface area is 107 Å². The molecular formula is C12H22N4O2. The molecule has 1 heterocycles. The summed E-state index contributed by atoms with van der Waals surface area (Å²) in [7, 11) is 1.74. The van der Waals surface area contributed by atoms with Crippen molar-refractivity contribution in [2.24, 2.45) is 0 Å². The standard InChI is InChI=1S/C12H22N4O2/c1-4-5-13-8(2)11-15-16-12(18-11)14-9-6-10(7-9)17-3/h8-10,13H,4-7H2,1-3H3,(H,14,16). The average molecular weight is 254 g/mol. The van der Waals surface area contributed by atoms with E-state index in [2.05, 4.69) is 27.8 Å². The maximum absolute atomic E-state index is 5.58. The van der Waals surface area contributed by atoms with E-state index < -0.39 is 0 Å². The molecule has 0 aromatic carbocycles. The van der Waals surface area contributed by atoms with E-state index >= 15 is 0 Å². The average Bonchev–Trinajstić information content (AvgIpc) is 2.78. The quantitative estimate of drug-likeness (QED) is 0.772. The van der Waals surface area contributed by atoms with Crippen LogP contribution in [0.1, 0.15) is 45.0 Å². The van der Waals surface area contributed by atoms with Crippen LogP contribution >= 0.6 is 0 Å². The number of nitrogens with one attached hydrogen (secondary N) is 2. The second kappa shape index (κ2) is 6.15. The van der Waals surface area contributed by atoms with Gasteiger partial charge in [0.15, 0.2) is 0 Å². The van der Waals surface area contributed by atoms with E-state index in [1.165, 1.54) is 0 Å². The van der Waals surface area contributed by atoms with Gasteiger partial charge in [-0.05, 0) is 32.7 Å². The third-order valence-electron chi connectivity index (χ3n) is 3.27. The first-order chi connectivity index (χ1) is 8.72. The highest BCUT2D eigenvalue weighted by atomic mass is 16.5. The van der Waals surface area contributed by atoms with Crippen LogP contribution in [0.4, 0.5) is 6.01 Å². The van der Waals surface area contributed by atoms with E-state index in [9.17, 15) is 0 Å². The van der Waals surface area contributed by atoms with Crippen molar-refractivity contribution < 1.29 is 9.15 Å². The molecule has 0 spiro atoms. The maximum Gasteiger partial charge on any atom is 0.315 e. The van der Waals surface area contributed by atoms with Gasteiger partial charge in [0.25, 0.3) is 0 Å². The third kappa shape index (κ3) is 3.20. The van der Waals surface area contributed by atoms with Crippen LogP contribution in [0.2, 0.25) is 0 Å². The summed E-state index contributed by atoms with van der Waals surface area (Å²) in [6.45, 7) is 5.10. The maximum atomic E-state index is 5.58. The summed E-state index contributed by atoms with van der Waals surface area (Å²) in [5.41, 5.74) is 0. The predicted molar refractivity (Wildman–Crippen MR) is 68.4 cm³/mol. The number of hydrogen-bond acceptors (Lipinski definition) is 6. The number of nitrogens with zero attached hydrogens (tertiary/aromatic N) is 2. The van der Waals surface area contributed by atoms with Gasteiger partial charge in [0.1, 0.15) is 0 Å². The van der Waals surface area contributed by atoms with Gasteiger partial charge in [-0.15, -0.1) is 5.10 Å². The summed E-state index contributed by atoms with van der Waals surface area (Å²) in [5, 5.41) is 14.6. The molecule has 0 saturated heterocycles. The summed E-state index contributed by atoms with van der Waals surface area (Å²) >= 11 is 0. The zero-order chi connectivity index (χ0) is 13.0. The summed E-state index contributed by atoms with van der Waals surface area (Å²) in [6.07, 6.45) is 3.45. The van der Waals surface area contributed by atoms with E-state index in [1.54, 1.807) is 7.11 Å². The van der Waals surface area contributed by atoms with Gasteiger partial charge in [0.05, 0.1) is 12.1 Å². The second-order valence-electron chi connectivity index (χ2n) is 4.79. The Morgan fingerprint density at radius 1 is 1.44 bits per heavy atom. The van der Waals surface area contributed by atoms with Crippen molar-refractivity contribution >= 4 is 6.01 Å². The first kappa shape index (κ1) is 13.3. The van der Waals surface area contributed by atoms with Crippen LogP contribution in [0.15, 0.2) is 4.42 Å². The molecule has 6 nitrogen and oxygen atoms in total. The smallest absolute Gasteiger partial charge is 0.315 e. The Bertz CT molecular complexity index is 363. The van der Waals surface area contributed by atoms with Crippen LogP contribution in [0.3, 0.4) is 0 Å². The molecule has 1 saturated carbocycles. The van der Waals surface area contributed by atoms with E-state index in [-0.39, 0.29) is 6.04 Å². The molecule has 6 heteroatoms. The van der Waals surface area contributed by atoms with Crippen molar-refractivity contribution in [1.82, 2.24) is 15.5 Å². The minimum atomic E-state index is 0.0983. The third-order valence-corrected chi connectivity index (χ3v) is 3.27. The van der Waals surface area contributed by atoms with Crippen LogP contribution in [0.25, 0.3) is 0 Å². The molecule has 1 unspecified atom stereocenters. The normalized spacial score (nSPS) is 24.6. The highest BCUT2D eigenvalue weighted by Crippen LogP contribution is 2.26. The molecule has 0 amide bonds. The molecule has 0 aliphatic heterocycles. The van der Waals surface area contributed by atoms with Gasteiger partial charge in [-0.3, -0.25) is 0 Å². The Morgan fingerprint density at radius 2 is 2.22 bits per heavy atom. The number of rotatable bonds is 7. The van der Waals surface area contributed by atoms with Crippen LogP contribution in [0, 0.1) is 0 Å². The molecule has 18 heavy (non-hydrogen) atoms. The van der Waals surface area contributed by atoms with Crippen molar-refractivity contribution in [2.45, 2.75) is 51.3 Å². The zero-order valence-corrected chi connectivity index (χ0v) is 11.3. The number of anilines is 1. The van der Waals surface area contributed by atoms with Gasteiger partial charge in [-0.2, -0.15) is 0 Å². The van der Waals surface area contributed by atoms with Crippen LogP contribution < -0.4 is 10.6 Å². The van der Waals surface area contributed by atoms with Crippen molar-refractivity contribution in [3.8, 4) is 0 Å². The fraction of sp³-hybridized carbons (Fsp3) is 0.833. The molecule has 102 valence electrons. The molecule has 1 aromatic heterocycles. The molecular weight excluding hydrogens is 232 g/mol. The fourth-order valence-corrected chi connectivity index (χ4v) is 1.97. The minimum absolute atomic E-state index is 0.0983. The van der Waals surface area contributed by atoms with Gasteiger partial charge in [-0.1, -0.05) is 12.0 Å². The van der Waals surface area contributed by atoms with E-state index in [0.29, 0.717) is 24.1 Å². The molecule has 1 atom stereocenters. The predicted octanol–water partition coefficient (Wildman–Crippen LogP) is 1.72. The number of methoxy groups -OCH3 is 1. The van der Waals surface area contributed by atoms with Gasteiger partial charge >= 0.3 is 6.01 Å². The van der Waals surface area contributed by atoms with Gasteiger partial charge in [0.2, 0.25) is 5.89 Å². The fourth-order valence-electron chi connectivity index (χ4n) is 1.97. The summed E-state index contributed by atoms with van der Waals surface area (Å²) in [4.78, 5) is 0. The Balaban J connectivity index is 1.79. The van der Waals surface area contributed by atoms with Crippen LogP contribution in [0.5, 0.6) is 0 Å². The van der Waals surface area contributed by atoms with E-state index in [0.717, 1.165) is 25.8 Å². The number of aromatic nitrogens is 2. The van der Waals surface area contributed by atoms with Gasteiger partial charge in [0, 0.05) is 13.2 Å². The first-order valence-electron chi connectivity index (χ1n) is 6.59. The SMILES string of the molecule is CCCNC(C)c1nnc(NC2CC(OC)C2)o1. The van der Waals surface area contributed by atoms with Crippen molar-refractivity contribution in [3.05, 3.63) is 5.89 Å². The lowest BCUT2D eigenvalue weighted by atomic mass is 9.89. The highest BCUT2D eigenvalue weighted by molar-refractivity contribution is 5.22. The first-order valence-corrected chi connectivity index (χ1v) is 6.59. The van der Waals surface area contributed by atoms with Crippen LogP contribution in [-0.2, 0) is 4.74 Å². The number of ether oxygens (including phenoxy) is 1. The van der Waals surface area contributed by atoms with Crippen molar-refractivity contribution in [1.29, 1.82) is 0 Å². The molecule has 2 rings (SSSR count). The molecule has 1 fully saturated rings. The molecule has 1 aliphatic rings. The Hall–Kier alpha value is -1.14. The molecule has 0 radical (unpaired) electrons. The van der Waals surface area contributed by atoms with Gasteiger partial charge in [-0.25, -0.2) is 0 Å². The topological polar surface area (TPSA) is 72.2 Å². The lowest BCUT2D eigenvalue weighted by Gasteiger charge is -2.33. The molecule has 1 aromatic rings. The Kier molecular flexibility index (Phi) is 4.54. The lowest BCUT2D eigenvalue weighted by Crippen LogP contribution is -2.40. The van der Waals surface area contributed by atoms with E-state index in [1.807, 2.05) is 6.92 Å². The van der Waals surface area contributed by atoms with Gasteiger partial charge < -0.3 is 19.8 Å². The summed E-state index contributed by atoms with van der Waals surface area (Å²) < 4.78 is 10.8. The van der Waals surface area contributed by atoms with Crippen molar-refractivity contribution in [3.63, 3.8) is 0 Å². The Morgan fingerprint density at radius 3 is 2.89 bits per heavy atom. The molecule has 1 aliphatic carbocycles. The second-order valence-corrected chi connectivity index (χ2v) is 4.79. The molecule has 2 N–H and O–H groups in total. The number of hydrogen-bond donors (Lipinski definition) is 2. The van der Waals surface area contributed by atoms with E-state index in [4.69, 9.17) is 9.15 Å². The molecule has 0 bridgehead atoms. The zero-order valence-electron chi connectivity index (χ0n) is 11.3. The van der Waals surface area contributed by atoms with Crippen LogP contribution in [-0.4, -0.2) is 36.0 Å². The van der Waals surface area contributed by atoms with Crippen molar-refractivity contribution in [2.75, 3.05) is 19.0 Å². The highest BCUT2D eigenvalue weighted by Gasteiger charge is 2.30. The summed E-state index contributed by atoms with van der Waals surface area (Å²) in [6, 6.07) is 0.998. The summed E-state index contributed by atoms with van der Waals surface area (Å²) in [5.74, 6) is 0.633. The lowest BCUT2D eigenvalue weighted by molar-refractivity contribution is 0.0323.